The van der Waals surface area contributed by atoms with Crippen molar-refractivity contribution >= 4 is 47.2 Å². The largest absolute Gasteiger partial charge is 0.478 e. The summed E-state index contributed by atoms with van der Waals surface area (Å²) in [6.07, 6.45) is 4.14. The average Bonchev–Trinajstić information content (AvgIpc) is 3.90. The van der Waals surface area contributed by atoms with E-state index in [-0.39, 0.29) is 33.8 Å². The first-order valence-corrected chi connectivity index (χ1v) is 16.2. The van der Waals surface area contributed by atoms with Crippen molar-refractivity contribution in [3.63, 3.8) is 0 Å². The monoisotopic (exact) mass is 769 g/mol. The first kappa shape index (κ1) is 40.2. The van der Waals surface area contributed by atoms with Gasteiger partial charge in [0.1, 0.15) is 33.8 Å². The minimum Gasteiger partial charge on any atom is -0.478 e. The number of carbonyl (C=O) groups is 6. The van der Waals surface area contributed by atoms with Crippen molar-refractivity contribution in [1.82, 2.24) is 29.3 Å². The summed E-state index contributed by atoms with van der Waals surface area (Å²) >= 11 is 5.82. The Morgan fingerprint density at radius 3 is 1.29 bits per heavy atom. The Labute approximate surface area is 316 Å². The van der Waals surface area contributed by atoms with E-state index in [1.807, 2.05) is 38.1 Å². The number of hydrogen-bond donors (Lipinski definition) is 6. The van der Waals surface area contributed by atoms with Gasteiger partial charge < -0.3 is 32.5 Å². The zero-order valence-electron chi connectivity index (χ0n) is 29.0. The van der Waals surface area contributed by atoms with E-state index in [1.165, 1.54) is 9.36 Å². The number of carboxylic acid groups (broad SMARTS) is 3. The molecule has 0 spiro atoms. The minimum atomic E-state index is -1.27. The highest BCUT2D eigenvalue weighted by Gasteiger charge is 2.24. The van der Waals surface area contributed by atoms with Gasteiger partial charge in [0.25, 0.3) is 17.7 Å². The molecule has 0 bridgehead atoms. The van der Waals surface area contributed by atoms with Gasteiger partial charge in [-0.05, 0) is 66.9 Å². The van der Waals surface area contributed by atoms with Gasteiger partial charge >= 0.3 is 17.9 Å². The van der Waals surface area contributed by atoms with Gasteiger partial charge in [-0.25, -0.2) is 28.4 Å². The first-order chi connectivity index (χ1) is 26.0. The van der Waals surface area contributed by atoms with Gasteiger partial charge in [-0.15, -0.1) is 0 Å². The quantitative estimate of drug-likeness (QED) is 0.117. The second-order valence-electron chi connectivity index (χ2n) is 11.3. The van der Waals surface area contributed by atoms with Gasteiger partial charge in [0.05, 0.1) is 35.7 Å². The number of aromatic carboxylic acids is 3. The molecular formula is C36H32ClN9O9. The van der Waals surface area contributed by atoms with Crippen LogP contribution in [0.5, 0.6) is 0 Å². The molecule has 6 aromatic rings. The van der Waals surface area contributed by atoms with E-state index in [9.17, 15) is 28.8 Å². The molecule has 0 fully saturated rings. The van der Waals surface area contributed by atoms with E-state index < -0.39 is 35.6 Å². The molecule has 18 nitrogen and oxygen atoms in total. The number of hydrogen-bond acceptors (Lipinski definition) is 9. The summed E-state index contributed by atoms with van der Waals surface area (Å²) in [5, 5.41) is 39.1. The van der Waals surface area contributed by atoms with Crippen molar-refractivity contribution in [2.24, 2.45) is 17.2 Å². The smallest absolute Gasteiger partial charge is 0.339 e. The Balaban J connectivity index is 0.000000184. The first-order valence-electron chi connectivity index (χ1n) is 15.8. The lowest BCUT2D eigenvalue weighted by Crippen LogP contribution is -2.20. The van der Waals surface area contributed by atoms with E-state index in [1.54, 1.807) is 48.5 Å². The molecule has 0 aliphatic rings. The van der Waals surface area contributed by atoms with Crippen LogP contribution in [-0.2, 0) is 6.42 Å². The van der Waals surface area contributed by atoms with Crippen LogP contribution in [0.2, 0.25) is 5.02 Å². The third kappa shape index (κ3) is 9.26. The maximum Gasteiger partial charge on any atom is 0.339 e. The standard InChI is InChI=1S/C13H13N3O3.C12H11N3O3.C11H8ClN3O3/c1-2-8-4-3-5-9(6-8)16-11(12(14)17)10(7-15-16)13(18)19;1-7-3-2-4-8(5-7)15-10(11(13)16)9(6-14-15)12(17)18;12-6-2-1-3-7(4-6)15-9(10(13)16)8(5-14-15)11(17)18/h3-7H,2H2,1H3,(H2,14,17)(H,18,19);2-6H,1H3,(H2,13,16)(H,17,18);1-5H,(H2,13,16)(H,17,18). The van der Waals surface area contributed by atoms with Crippen molar-refractivity contribution in [2.75, 3.05) is 0 Å². The molecule has 282 valence electrons. The molecule has 55 heavy (non-hydrogen) atoms. The number of carbonyl (C=O) groups excluding carboxylic acids is 3. The lowest BCUT2D eigenvalue weighted by Gasteiger charge is -2.07. The summed E-state index contributed by atoms with van der Waals surface area (Å²) in [4.78, 5) is 67.1. The predicted octanol–water partition coefficient (Wildman–Crippen LogP) is 3.53. The van der Waals surface area contributed by atoms with Gasteiger partial charge in [0.2, 0.25) is 0 Å². The molecular weight excluding hydrogens is 738 g/mol. The molecule has 0 saturated carbocycles. The highest BCUT2D eigenvalue weighted by atomic mass is 35.5. The zero-order valence-corrected chi connectivity index (χ0v) is 29.7. The van der Waals surface area contributed by atoms with E-state index in [0.717, 1.165) is 40.8 Å². The average molecular weight is 770 g/mol. The molecule has 0 atom stereocenters. The Morgan fingerprint density at radius 2 is 0.945 bits per heavy atom. The maximum atomic E-state index is 11.4. The fourth-order valence-corrected chi connectivity index (χ4v) is 5.27. The van der Waals surface area contributed by atoms with Crippen molar-refractivity contribution in [3.05, 3.63) is 141 Å². The summed E-state index contributed by atoms with van der Waals surface area (Å²) in [7, 11) is 0. The Kier molecular flexibility index (Phi) is 12.6. The van der Waals surface area contributed by atoms with Crippen LogP contribution in [0.1, 0.15) is 80.6 Å². The van der Waals surface area contributed by atoms with Crippen LogP contribution in [-0.4, -0.2) is 80.3 Å². The SMILES string of the molecule is CCc1cccc(-n2ncc(C(=O)O)c2C(N)=O)c1.Cc1cccc(-n2ncc(C(=O)O)c2C(N)=O)c1.NC(=O)c1c(C(=O)O)cnn1-c1cccc(Cl)c1. The summed E-state index contributed by atoms with van der Waals surface area (Å²) in [5.41, 5.74) is 18.2. The lowest BCUT2D eigenvalue weighted by atomic mass is 10.1. The molecule has 3 heterocycles. The molecule has 0 radical (unpaired) electrons. The molecule has 9 N–H and O–H groups in total. The number of aromatic nitrogens is 6. The summed E-state index contributed by atoms with van der Waals surface area (Å²) in [6.45, 7) is 3.88. The number of benzene rings is 3. The zero-order chi connectivity index (χ0) is 40.6. The van der Waals surface area contributed by atoms with Gasteiger partial charge in [-0.3, -0.25) is 14.4 Å². The van der Waals surface area contributed by atoms with Gasteiger partial charge in [0, 0.05) is 5.02 Å². The number of rotatable bonds is 10. The lowest BCUT2D eigenvalue weighted by molar-refractivity contribution is 0.0683. The van der Waals surface area contributed by atoms with E-state index in [0.29, 0.717) is 22.1 Å². The van der Waals surface area contributed by atoms with E-state index in [4.69, 9.17) is 44.1 Å². The molecule has 0 unspecified atom stereocenters. The maximum absolute atomic E-state index is 11.4. The highest BCUT2D eigenvalue weighted by Crippen LogP contribution is 2.20. The molecule has 19 heteroatoms. The Bertz CT molecular complexity index is 2340. The molecule has 3 aromatic heterocycles. The van der Waals surface area contributed by atoms with E-state index in [2.05, 4.69) is 15.3 Å². The minimum absolute atomic E-state index is 0.124. The number of nitrogens with zero attached hydrogens (tertiary/aromatic N) is 6. The van der Waals surface area contributed by atoms with Crippen molar-refractivity contribution in [1.29, 1.82) is 0 Å². The van der Waals surface area contributed by atoms with E-state index >= 15 is 0 Å². The summed E-state index contributed by atoms with van der Waals surface area (Å²) in [6, 6.07) is 21.0. The number of aryl methyl sites for hydroxylation is 2. The Hall–Kier alpha value is -7.60. The highest BCUT2D eigenvalue weighted by molar-refractivity contribution is 6.30. The Morgan fingerprint density at radius 1 is 0.582 bits per heavy atom. The topological polar surface area (TPSA) is 295 Å². The van der Waals surface area contributed by atoms with Gasteiger partial charge in [0.15, 0.2) is 0 Å². The third-order valence-corrected chi connectivity index (χ3v) is 7.80. The fraction of sp³-hybridized carbons (Fsp3) is 0.0833. The summed E-state index contributed by atoms with van der Waals surface area (Å²) in [5.74, 6) is -6.25. The molecule has 3 amide bonds. The molecule has 3 aromatic carbocycles. The van der Waals surface area contributed by atoms with Crippen molar-refractivity contribution < 1.29 is 44.1 Å². The van der Waals surface area contributed by atoms with Crippen LogP contribution in [0.15, 0.2) is 91.4 Å². The number of nitrogens with two attached hydrogens (primary N) is 3. The fourth-order valence-electron chi connectivity index (χ4n) is 5.09. The predicted molar refractivity (Wildman–Crippen MR) is 196 cm³/mol. The van der Waals surface area contributed by atoms with Crippen molar-refractivity contribution in [3.8, 4) is 17.1 Å². The number of halogens is 1. The molecule has 6 rings (SSSR count). The van der Waals surface area contributed by atoms with Crippen LogP contribution in [0, 0.1) is 6.92 Å². The number of amides is 3. The van der Waals surface area contributed by atoms with Gasteiger partial charge in [-0.2, -0.15) is 15.3 Å². The van der Waals surface area contributed by atoms with Crippen molar-refractivity contribution in [2.45, 2.75) is 20.3 Å². The number of primary amides is 3. The number of carboxylic acids is 3. The summed E-state index contributed by atoms with van der Waals surface area (Å²) < 4.78 is 3.64. The van der Waals surface area contributed by atoms with Crippen LogP contribution in [0.25, 0.3) is 17.1 Å². The normalized spacial score (nSPS) is 10.3. The van der Waals surface area contributed by atoms with Crippen LogP contribution in [0.4, 0.5) is 0 Å². The molecule has 0 aliphatic carbocycles. The van der Waals surface area contributed by atoms with Crippen LogP contribution < -0.4 is 17.2 Å². The second-order valence-corrected chi connectivity index (χ2v) is 11.7. The second kappa shape index (κ2) is 17.3. The van der Waals surface area contributed by atoms with Crippen LogP contribution >= 0.6 is 11.6 Å². The van der Waals surface area contributed by atoms with Gasteiger partial charge in [-0.1, -0.05) is 48.9 Å². The molecule has 0 saturated heterocycles. The molecule has 0 aliphatic heterocycles. The third-order valence-electron chi connectivity index (χ3n) is 7.56. The van der Waals surface area contributed by atoms with Crippen LogP contribution in [0.3, 0.4) is 0 Å².